The van der Waals surface area contributed by atoms with Gasteiger partial charge in [0.1, 0.15) is 12.2 Å². The van der Waals surface area contributed by atoms with E-state index in [0.29, 0.717) is 5.03 Å². The van der Waals surface area contributed by atoms with Gasteiger partial charge in [-0.2, -0.15) is 0 Å². The van der Waals surface area contributed by atoms with Crippen LogP contribution in [0.15, 0.2) is 23.3 Å². The molecule has 0 amide bonds. The van der Waals surface area contributed by atoms with Crippen molar-refractivity contribution < 1.29 is 10.2 Å². The molecule has 2 nitrogen and oxygen atoms in total. The van der Waals surface area contributed by atoms with E-state index in [-0.39, 0.29) is 0 Å². The molecule has 50 valence electrons. The van der Waals surface area contributed by atoms with Crippen LogP contribution in [0.25, 0.3) is 0 Å². The highest BCUT2D eigenvalue weighted by molar-refractivity contribution is 6.31. The van der Waals surface area contributed by atoms with Gasteiger partial charge < -0.3 is 10.2 Å². The van der Waals surface area contributed by atoms with Crippen molar-refractivity contribution in [2.75, 3.05) is 0 Å². The van der Waals surface area contributed by atoms with Crippen molar-refractivity contribution >= 4 is 11.6 Å². The molecular formula is C6H7ClO2. The van der Waals surface area contributed by atoms with Crippen LogP contribution in [-0.2, 0) is 0 Å². The van der Waals surface area contributed by atoms with E-state index in [2.05, 4.69) is 0 Å². The molecule has 0 aromatic carbocycles. The minimum absolute atomic E-state index is 0.466. The number of halogens is 1. The number of hydrogen-bond acceptors (Lipinski definition) is 2. The molecule has 1 rings (SSSR count). The third-order valence-electron chi connectivity index (χ3n) is 1.13. The second kappa shape index (κ2) is 2.52. The molecule has 0 spiro atoms. The fourth-order valence-electron chi connectivity index (χ4n) is 0.622. The van der Waals surface area contributed by atoms with E-state index >= 15 is 0 Å². The third kappa shape index (κ3) is 1.55. The number of allylic oxidation sites excluding steroid dienone is 2. The molecule has 1 aliphatic carbocycles. The van der Waals surface area contributed by atoms with Crippen LogP contribution >= 0.6 is 11.6 Å². The first kappa shape index (κ1) is 6.81. The van der Waals surface area contributed by atoms with E-state index in [1.807, 2.05) is 0 Å². The van der Waals surface area contributed by atoms with Crippen LogP contribution in [0.1, 0.15) is 0 Å². The van der Waals surface area contributed by atoms with E-state index in [1.165, 1.54) is 12.2 Å². The maximum atomic E-state index is 8.89. The predicted molar refractivity (Wildman–Crippen MR) is 35.1 cm³/mol. The molecule has 0 aromatic rings. The second-order valence-corrected chi connectivity index (χ2v) is 2.33. The van der Waals surface area contributed by atoms with Gasteiger partial charge in [0, 0.05) is 5.03 Å². The Kier molecular flexibility index (Phi) is 1.90. The molecule has 1 aliphatic rings. The van der Waals surface area contributed by atoms with Crippen LogP contribution in [-0.4, -0.2) is 22.4 Å². The Morgan fingerprint density at radius 3 is 2.44 bits per heavy atom. The average Bonchev–Trinajstić information content (AvgIpc) is 1.80. The van der Waals surface area contributed by atoms with Gasteiger partial charge in [-0.25, -0.2) is 0 Å². The Morgan fingerprint density at radius 1 is 1.33 bits per heavy atom. The van der Waals surface area contributed by atoms with Gasteiger partial charge in [0.25, 0.3) is 0 Å². The van der Waals surface area contributed by atoms with Crippen molar-refractivity contribution in [1.82, 2.24) is 0 Å². The zero-order valence-electron chi connectivity index (χ0n) is 4.66. The molecule has 2 atom stereocenters. The zero-order chi connectivity index (χ0) is 6.85. The summed E-state index contributed by atoms with van der Waals surface area (Å²) in [6, 6.07) is 0. The number of aliphatic hydroxyl groups is 2. The predicted octanol–water partition coefficient (Wildman–Crippen LogP) is 0.401. The van der Waals surface area contributed by atoms with Crippen molar-refractivity contribution in [3.63, 3.8) is 0 Å². The van der Waals surface area contributed by atoms with Crippen molar-refractivity contribution in [3.05, 3.63) is 23.3 Å². The summed E-state index contributed by atoms with van der Waals surface area (Å²) in [5, 5.41) is 18.2. The Morgan fingerprint density at radius 2 is 2.00 bits per heavy atom. The first-order chi connectivity index (χ1) is 4.20. The SMILES string of the molecule is O[C@@H]1C=CC(Cl)=C[C@H]1O. The lowest BCUT2D eigenvalue weighted by atomic mass is 10.1. The van der Waals surface area contributed by atoms with Gasteiger partial charge >= 0.3 is 0 Å². The average molecular weight is 147 g/mol. The molecule has 0 bridgehead atoms. The van der Waals surface area contributed by atoms with Gasteiger partial charge in [-0.3, -0.25) is 0 Å². The molecule has 0 saturated carbocycles. The summed E-state index contributed by atoms with van der Waals surface area (Å²) in [4.78, 5) is 0. The largest absolute Gasteiger partial charge is 0.386 e. The maximum absolute atomic E-state index is 8.89. The number of hydrogen-bond donors (Lipinski definition) is 2. The number of aliphatic hydroxyl groups excluding tert-OH is 2. The molecule has 0 unspecified atom stereocenters. The Labute approximate surface area is 58.1 Å². The van der Waals surface area contributed by atoms with E-state index in [1.54, 1.807) is 6.08 Å². The van der Waals surface area contributed by atoms with Crippen molar-refractivity contribution in [1.29, 1.82) is 0 Å². The fourth-order valence-corrected chi connectivity index (χ4v) is 0.823. The maximum Gasteiger partial charge on any atom is 0.103 e. The summed E-state index contributed by atoms with van der Waals surface area (Å²) >= 11 is 5.48. The molecule has 0 aliphatic heterocycles. The molecule has 9 heavy (non-hydrogen) atoms. The Bertz CT molecular complexity index is 162. The summed E-state index contributed by atoms with van der Waals surface area (Å²) < 4.78 is 0. The minimum atomic E-state index is -0.845. The van der Waals surface area contributed by atoms with Crippen molar-refractivity contribution in [2.24, 2.45) is 0 Å². The Balaban J connectivity index is 2.70. The lowest BCUT2D eigenvalue weighted by molar-refractivity contribution is 0.0791. The summed E-state index contributed by atoms with van der Waals surface area (Å²) in [5.41, 5.74) is 0. The van der Waals surface area contributed by atoms with E-state index in [0.717, 1.165) is 0 Å². The summed E-state index contributed by atoms with van der Waals surface area (Å²) in [6.07, 6.45) is 2.76. The van der Waals surface area contributed by atoms with Crippen LogP contribution in [0.5, 0.6) is 0 Å². The van der Waals surface area contributed by atoms with Crippen LogP contribution in [0.2, 0.25) is 0 Å². The second-order valence-electron chi connectivity index (χ2n) is 1.89. The molecule has 0 radical (unpaired) electrons. The zero-order valence-corrected chi connectivity index (χ0v) is 5.42. The molecule has 0 fully saturated rings. The molecular weight excluding hydrogens is 140 g/mol. The van der Waals surface area contributed by atoms with E-state index in [9.17, 15) is 0 Å². The highest BCUT2D eigenvalue weighted by Gasteiger charge is 2.13. The minimum Gasteiger partial charge on any atom is -0.386 e. The first-order valence-corrected chi connectivity index (χ1v) is 2.99. The summed E-state index contributed by atoms with van der Waals surface area (Å²) in [7, 11) is 0. The molecule has 0 heterocycles. The molecule has 0 saturated heterocycles. The topological polar surface area (TPSA) is 40.5 Å². The quantitative estimate of drug-likeness (QED) is 0.520. The highest BCUT2D eigenvalue weighted by Crippen LogP contribution is 2.13. The van der Waals surface area contributed by atoms with Crippen molar-refractivity contribution in [2.45, 2.75) is 12.2 Å². The first-order valence-electron chi connectivity index (χ1n) is 2.62. The van der Waals surface area contributed by atoms with Crippen LogP contribution in [0.4, 0.5) is 0 Å². The van der Waals surface area contributed by atoms with Gasteiger partial charge in [0.2, 0.25) is 0 Å². The normalized spacial score (nSPS) is 34.3. The standard InChI is InChI=1S/C6H7ClO2/c7-4-1-2-5(8)6(9)3-4/h1-3,5-6,8-9H/t5-,6-/m1/s1. The summed E-state index contributed by atoms with van der Waals surface area (Å²) in [6.45, 7) is 0. The van der Waals surface area contributed by atoms with Gasteiger partial charge in [-0.05, 0) is 12.2 Å². The van der Waals surface area contributed by atoms with Crippen LogP contribution < -0.4 is 0 Å². The smallest absolute Gasteiger partial charge is 0.103 e. The van der Waals surface area contributed by atoms with Gasteiger partial charge in [0.15, 0.2) is 0 Å². The molecule has 2 N–H and O–H groups in total. The van der Waals surface area contributed by atoms with Gasteiger partial charge in [-0.1, -0.05) is 17.7 Å². The van der Waals surface area contributed by atoms with Crippen LogP contribution in [0, 0.1) is 0 Å². The monoisotopic (exact) mass is 146 g/mol. The van der Waals surface area contributed by atoms with Crippen LogP contribution in [0.3, 0.4) is 0 Å². The molecule has 0 aromatic heterocycles. The number of rotatable bonds is 0. The summed E-state index contributed by atoms with van der Waals surface area (Å²) in [5.74, 6) is 0. The fraction of sp³-hybridized carbons (Fsp3) is 0.333. The van der Waals surface area contributed by atoms with Crippen molar-refractivity contribution in [3.8, 4) is 0 Å². The third-order valence-corrected chi connectivity index (χ3v) is 1.38. The van der Waals surface area contributed by atoms with Gasteiger partial charge in [-0.15, -0.1) is 0 Å². The highest BCUT2D eigenvalue weighted by atomic mass is 35.5. The molecule has 3 heteroatoms. The Hall–Kier alpha value is -0.310. The lowest BCUT2D eigenvalue weighted by Gasteiger charge is -2.13. The van der Waals surface area contributed by atoms with E-state index in [4.69, 9.17) is 21.8 Å². The lowest BCUT2D eigenvalue weighted by Crippen LogP contribution is -2.23. The van der Waals surface area contributed by atoms with Gasteiger partial charge in [0.05, 0.1) is 0 Å². The van der Waals surface area contributed by atoms with E-state index < -0.39 is 12.2 Å².